The second-order valence-corrected chi connectivity index (χ2v) is 11.9. The molecule has 1 heterocycles. The first kappa shape index (κ1) is 35.0. The van der Waals surface area contributed by atoms with Crippen LogP contribution in [-0.2, 0) is 10.5 Å². The zero-order valence-electron chi connectivity index (χ0n) is 27.5. The molecule has 0 aliphatic rings. The Morgan fingerprint density at radius 1 is 0.796 bits per heavy atom. The maximum absolute atomic E-state index is 15.5. The third-order valence-electron chi connectivity index (χ3n) is 7.99. The van der Waals surface area contributed by atoms with Gasteiger partial charge in [-0.25, -0.2) is 18.2 Å². The molecule has 1 N–H and O–H groups in total. The topological polar surface area (TPSA) is 89.3 Å². The zero-order valence-corrected chi connectivity index (χ0v) is 28.4. The van der Waals surface area contributed by atoms with Crippen LogP contribution in [0.25, 0.3) is 16.8 Å². The summed E-state index contributed by atoms with van der Waals surface area (Å²) in [6, 6.07) is 19.4. The molecule has 5 aromatic rings. The van der Waals surface area contributed by atoms with Crippen molar-refractivity contribution in [3.8, 4) is 34.1 Å². The van der Waals surface area contributed by atoms with E-state index in [1.165, 1.54) is 38.5 Å². The third kappa shape index (κ3) is 7.72. The molecule has 0 saturated heterocycles. The van der Waals surface area contributed by atoms with Crippen LogP contribution in [0.3, 0.4) is 0 Å². The summed E-state index contributed by atoms with van der Waals surface area (Å²) in [4.78, 5) is 19.1. The Hall–Kier alpha value is -5.30. The Morgan fingerprint density at radius 3 is 2.08 bits per heavy atom. The number of thioether (sulfide) groups is 1. The largest absolute Gasteiger partial charge is 0.494 e. The van der Waals surface area contributed by atoms with Gasteiger partial charge in [0.2, 0.25) is 0 Å². The van der Waals surface area contributed by atoms with Crippen molar-refractivity contribution in [3.63, 3.8) is 0 Å². The number of nitrogens with zero attached hydrogens (tertiary/aromatic N) is 4. The van der Waals surface area contributed by atoms with Gasteiger partial charge in [0.1, 0.15) is 17.5 Å². The summed E-state index contributed by atoms with van der Waals surface area (Å²) >= 11 is 1.12. The minimum Gasteiger partial charge on any atom is -0.494 e. The number of carbonyl (C=O) groups is 1. The van der Waals surface area contributed by atoms with Crippen LogP contribution in [0.4, 0.5) is 30.4 Å². The summed E-state index contributed by atoms with van der Waals surface area (Å²) in [7, 11) is 8.05. The van der Waals surface area contributed by atoms with Gasteiger partial charge >= 0.3 is 5.97 Å². The molecule has 0 bridgehead atoms. The second kappa shape index (κ2) is 15.3. The fourth-order valence-corrected chi connectivity index (χ4v) is 6.21. The molecular weight excluding hydrogens is 657 g/mol. The molecule has 0 spiro atoms. The Balaban J connectivity index is 1.44. The summed E-state index contributed by atoms with van der Waals surface area (Å²) in [5.41, 5.74) is 2.88. The predicted octanol–water partition coefficient (Wildman–Crippen LogP) is 7.95. The van der Waals surface area contributed by atoms with Gasteiger partial charge in [-0.3, -0.25) is 9.36 Å². The van der Waals surface area contributed by atoms with Gasteiger partial charge in [0.25, 0.3) is 0 Å². The number of hydrogen-bond acceptors (Lipinski definition) is 8. The van der Waals surface area contributed by atoms with E-state index in [-0.39, 0.29) is 23.5 Å². The van der Waals surface area contributed by atoms with Crippen LogP contribution in [0.2, 0.25) is 0 Å². The van der Waals surface area contributed by atoms with E-state index in [1.807, 2.05) is 18.0 Å². The number of rotatable bonds is 14. The summed E-state index contributed by atoms with van der Waals surface area (Å²) in [5, 5.41) is 9.34. The molecule has 0 unspecified atom stereocenters. The number of methoxy groups -OCH3 is 3. The summed E-state index contributed by atoms with van der Waals surface area (Å²) in [5.74, 6) is -1.27. The minimum absolute atomic E-state index is 0.0115. The van der Waals surface area contributed by atoms with Crippen molar-refractivity contribution < 1.29 is 37.3 Å². The molecule has 0 radical (unpaired) electrons. The van der Waals surface area contributed by atoms with Gasteiger partial charge in [-0.1, -0.05) is 23.9 Å². The predicted molar refractivity (Wildman–Crippen MR) is 185 cm³/mol. The van der Waals surface area contributed by atoms with Gasteiger partial charge in [-0.15, -0.1) is 0 Å². The van der Waals surface area contributed by atoms with E-state index < -0.39 is 23.4 Å². The van der Waals surface area contributed by atoms with Gasteiger partial charge in [0.15, 0.2) is 28.2 Å². The highest BCUT2D eigenvalue weighted by Gasteiger charge is 2.21. The normalized spacial score (nSPS) is 10.9. The fourth-order valence-electron chi connectivity index (χ4n) is 5.21. The van der Waals surface area contributed by atoms with E-state index in [9.17, 15) is 9.18 Å². The lowest BCUT2D eigenvalue weighted by Crippen LogP contribution is -2.20. The number of hydrogen-bond donors (Lipinski definition) is 1. The first-order chi connectivity index (χ1) is 23.5. The summed E-state index contributed by atoms with van der Waals surface area (Å²) < 4.78 is 63.3. The van der Waals surface area contributed by atoms with E-state index in [0.717, 1.165) is 23.1 Å². The van der Waals surface area contributed by atoms with Crippen molar-refractivity contribution in [2.24, 2.45) is 0 Å². The highest BCUT2D eigenvalue weighted by molar-refractivity contribution is 7.98. The van der Waals surface area contributed by atoms with Crippen LogP contribution in [0.15, 0.2) is 84.1 Å². The molecule has 49 heavy (non-hydrogen) atoms. The van der Waals surface area contributed by atoms with Crippen molar-refractivity contribution in [1.29, 1.82) is 0 Å². The quantitative estimate of drug-likeness (QED) is 0.117. The van der Waals surface area contributed by atoms with E-state index in [1.54, 1.807) is 72.3 Å². The highest BCUT2D eigenvalue weighted by Crippen LogP contribution is 2.38. The van der Waals surface area contributed by atoms with Crippen LogP contribution >= 0.6 is 11.8 Å². The van der Waals surface area contributed by atoms with E-state index >= 15 is 8.78 Å². The molecular formula is C36H35F3N4O5S. The fraction of sp³-hybridized carbons (Fsp3) is 0.222. The Morgan fingerprint density at radius 2 is 1.45 bits per heavy atom. The van der Waals surface area contributed by atoms with Crippen LogP contribution in [0.1, 0.15) is 12.0 Å². The molecule has 0 saturated carbocycles. The van der Waals surface area contributed by atoms with Gasteiger partial charge < -0.3 is 29.1 Å². The first-order valence-corrected chi connectivity index (χ1v) is 16.0. The Kier molecular flexibility index (Phi) is 10.9. The lowest BCUT2D eigenvalue weighted by molar-refractivity contribution is -0.136. The van der Waals surface area contributed by atoms with E-state index in [2.05, 4.69) is 4.98 Å². The van der Waals surface area contributed by atoms with Crippen molar-refractivity contribution >= 4 is 34.9 Å². The smallest absolute Gasteiger partial charge is 0.305 e. The lowest BCUT2D eigenvalue weighted by Gasteiger charge is -2.23. The van der Waals surface area contributed by atoms with Gasteiger partial charge in [0, 0.05) is 55.5 Å². The standard InChI is InChI=1S/C36H35F3N4O5S/c1-41(15-14-35(44)45)24-8-6-22(7-9-24)23-16-29(38)27(30(39)17-23)21-49-36-40-20-34(43(36)26-10-12-28(37)32(19-26)47-4)42(2)25-11-13-31(46-3)33(18-25)48-5/h6-13,16-20H,14-15,21H2,1-5H3,(H,44,45). The van der Waals surface area contributed by atoms with Crippen molar-refractivity contribution in [2.75, 3.05) is 51.8 Å². The molecule has 0 aliphatic heterocycles. The van der Waals surface area contributed by atoms with Crippen LogP contribution < -0.4 is 24.0 Å². The molecule has 5 rings (SSSR count). The molecule has 256 valence electrons. The van der Waals surface area contributed by atoms with Crippen LogP contribution in [0, 0.1) is 17.5 Å². The SMILES string of the molecule is COc1cc(-n2c(N(C)c3ccc(OC)c(OC)c3)cnc2SCc2c(F)cc(-c3ccc(N(C)CCC(=O)O)cc3)cc2F)ccc1F. The monoisotopic (exact) mass is 692 g/mol. The van der Waals surface area contributed by atoms with Gasteiger partial charge in [-0.2, -0.15) is 0 Å². The van der Waals surface area contributed by atoms with Crippen molar-refractivity contribution in [1.82, 2.24) is 9.55 Å². The van der Waals surface area contributed by atoms with Crippen molar-refractivity contribution in [3.05, 3.63) is 102 Å². The maximum atomic E-state index is 15.5. The zero-order chi connectivity index (χ0) is 35.2. The number of halogens is 3. The first-order valence-electron chi connectivity index (χ1n) is 15.1. The Labute approximate surface area is 286 Å². The molecule has 0 amide bonds. The highest BCUT2D eigenvalue weighted by atomic mass is 32.2. The number of benzene rings is 4. The van der Waals surface area contributed by atoms with E-state index in [4.69, 9.17) is 19.3 Å². The maximum Gasteiger partial charge on any atom is 0.305 e. The minimum atomic E-state index is -0.894. The average Bonchev–Trinajstić information content (AvgIpc) is 3.53. The molecule has 1 aromatic heterocycles. The molecule has 0 aliphatic carbocycles. The molecule has 4 aromatic carbocycles. The number of aromatic nitrogens is 2. The Bertz CT molecular complexity index is 1930. The average molecular weight is 693 g/mol. The number of ether oxygens (including phenoxy) is 3. The van der Waals surface area contributed by atoms with Gasteiger partial charge in [-0.05, 0) is 59.7 Å². The van der Waals surface area contributed by atoms with E-state index in [0.29, 0.717) is 45.8 Å². The summed E-state index contributed by atoms with van der Waals surface area (Å²) in [6.07, 6.45) is 1.61. The van der Waals surface area contributed by atoms with Crippen LogP contribution in [-0.4, -0.2) is 62.6 Å². The van der Waals surface area contributed by atoms with Crippen molar-refractivity contribution in [2.45, 2.75) is 17.3 Å². The molecule has 0 fully saturated rings. The number of carboxylic acids is 1. The molecule has 0 atom stereocenters. The number of carboxylic acid groups (broad SMARTS) is 1. The second-order valence-electron chi connectivity index (χ2n) is 11.0. The molecule has 13 heteroatoms. The van der Waals surface area contributed by atoms with Crippen LogP contribution in [0.5, 0.6) is 17.2 Å². The summed E-state index contributed by atoms with van der Waals surface area (Å²) in [6.45, 7) is 0.325. The molecule has 9 nitrogen and oxygen atoms in total. The van der Waals surface area contributed by atoms with Gasteiger partial charge in [0.05, 0.1) is 39.6 Å². The number of anilines is 3. The lowest BCUT2D eigenvalue weighted by atomic mass is 10.0. The third-order valence-corrected chi connectivity index (χ3v) is 8.97. The number of imidazole rings is 1. The number of aliphatic carboxylic acids is 1.